The lowest BCUT2D eigenvalue weighted by Gasteiger charge is -2.11. The van der Waals surface area contributed by atoms with Crippen molar-refractivity contribution < 1.29 is 18.8 Å². The van der Waals surface area contributed by atoms with E-state index >= 15 is 0 Å². The predicted octanol–water partition coefficient (Wildman–Crippen LogP) is 2.02. The van der Waals surface area contributed by atoms with Gasteiger partial charge >= 0.3 is 11.7 Å². The van der Waals surface area contributed by atoms with Crippen LogP contribution in [0.1, 0.15) is 13.8 Å². The summed E-state index contributed by atoms with van der Waals surface area (Å²) in [6.45, 7) is 4.17. The molecule has 0 amide bonds. The maximum Gasteiger partial charge on any atom is 0.313 e. The number of hydrogen-bond donors (Lipinski definition) is 1. The number of nitrogens with two attached hydrogens (primary N) is 1. The Hall–Kier alpha value is -2.84. The predicted molar refractivity (Wildman–Crippen MR) is 73.1 cm³/mol. The lowest BCUT2D eigenvalue weighted by atomic mass is 10.1. The summed E-state index contributed by atoms with van der Waals surface area (Å²) in [6.07, 6.45) is 0. The Labute approximate surface area is 119 Å². The third-order valence-corrected chi connectivity index (χ3v) is 2.53. The maximum absolute atomic E-state index is 11.1. The fraction of sp³-hybridized carbons (Fsp3) is 0.333. The molecule has 1 aromatic heterocycles. The summed E-state index contributed by atoms with van der Waals surface area (Å²) in [6, 6.07) is 2.56. The van der Waals surface area contributed by atoms with Crippen molar-refractivity contribution in [2.24, 2.45) is 0 Å². The highest BCUT2D eigenvalue weighted by Gasteiger charge is 2.23. The van der Waals surface area contributed by atoms with Gasteiger partial charge in [-0.05, 0) is 13.8 Å². The van der Waals surface area contributed by atoms with Crippen molar-refractivity contribution >= 4 is 11.7 Å². The number of nitro groups is 1. The van der Waals surface area contributed by atoms with Crippen LogP contribution in [0, 0.1) is 10.1 Å². The van der Waals surface area contributed by atoms with Crippen LogP contribution in [-0.2, 0) is 0 Å². The van der Waals surface area contributed by atoms with Crippen molar-refractivity contribution in [1.29, 1.82) is 0 Å². The van der Waals surface area contributed by atoms with Gasteiger partial charge in [0.15, 0.2) is 0 Å². The van der Waals surface area contributed by atoms with Crippen molar-refractivity contribution in [3.05, 3.63) is 22.2 Å². The fourth-order valence-electron chi connectivity index (χ4n) is 1.75. The number of benzene rings is 1. The fourth-order valence-corrected chi connectivity index (χ4v) is 1.75. The van der Waals surface area contributed by atoms with Gasteiger partial charge in [-0.15, -0.1) is 5.10 Å². The zero-order chi connectivity index (χ0) is 15.4. The normalized spacial score (nSPS) is 10.4. The zero-order valence-electron chi connectivity index (χ0n) is 11.5. The van der Waals surface area contributed by atoms with Crippen LogP contribution in [-0.4, -0.2) is 28.3 Å². The van der Waals surface area contributed by atoms with Gasteiger partial charge in [-0.2, -0.15) is 0 Å². The van der Waals surface area contributed by atoms with Crippen molar-refractivity contribution in [3.8, 4) is 23.0 Å². The van der Waals surface area contributed by atoms with E-state index in [-0.39, 0.29) is 28.9 Å². The van der Waals surface area contributed by atoms with Gasteiger partial charge in [0.25, 0.3) is 5.89 Å². The molecule has 0 fully saturated rings. The zero-order valence-corrected chi connectivity index (χ0v) is 11.5. The Morgan fingerprint density at radius 1 is 1.24 bits per heavy atom. The number of rotatable bonds is 6. The first-order valence-electron chi connectivity index (χ1n) is 6.24. The van der Waals surface area contributed by atoms with Gasteiger partial charge in [0.1, 0.15) is 5.75 Å². The molecule has 1 aromatic carbocycles. The van der Waals surface area contributed by atoms with Gasteiger partial charge in [-0.3, -0.25) is 10.1 Å². The van der Waals surface area contributed by atoms with Crippen molar-refractivity contribution in [2.45, 2.75) is 13.8 Å². The Morgan fingerprint density at radius 2 is 1.90 bits per heavy atom. The molecule has 21 heavy (non-hydrogen) atoms. The Balaban J connectivity index is 2.61. The van der Waals surface area contributed by atoms with Crippen LogP contribution in [0.5, 0.6) is 11.5 Å². The highest BCUT2D eigenvalue weighted by molar-refractivity contribution is 5.70. The Kier molecular flexibility index (Phi) is 4.21. The smallest absolute Gasteiger partial charge is 0.313 e. The number of ether oxygens (including phenoxy) is 2. The highest BCUT2D eigenvalue weighted by Crippen LogP contribution is 2.39. The largest absolute Gasteiger partial charge is 0.493 e. The van der Waals surface area contributed by atoms with E-state index in [9.17, 15) is 10.1 Å². The third kappa shape index (κ3) is 3.02. The van der Waals surface area contributed by atoms with E-state index in [1.54, 1.807) is 13.8 Å². The van der Waals surface area contributed by atoms with E-state index in [1.807, 2.05) is 0 Å². The second-order valence-electron chi connectivity index (χ2n) is 3.88. The van der Waals surface area contributed by atoms with Gasteiger partial charge in [0.05, 0.1) is 23.7 Å². The molecule has 9 heteroatoms. The summed E-state index contributed by atoms with van der Waals surface area (Å²) in [5.41, 5.74) is 5.45. The second kappa shape index (κ2) is 6.07. The highest BCUT2D eigenvalue weighted by atomic mass is 16.6. The van der Waals surface area contributed by atoms with Crippen LogP contribution >= 0.6 is 0 Å². The number of nitrogen functional groups attached to an aromatic ring is 1. The van der Waals surface area contributed by atoms with E-state index < -0.39 is 4.92 Å². The van der Waals surface area contributed by atoms with Gasteiger partial charge in [0.2, 0.25) is 5.75 Å². The molecule has 0 aliphatic heterocycles. The molecule has 2 aromatic rings. The molecule has 0 aliphatic carbocycles. The van der Waals surface area contributed by atoms with Gasteiger partial charge < -0.3 is 19.6 Å². The molecule has 2 N–H and O–H groups in total. The van der Waals surface area contributed by atoms with Crippen LogP contribution in [0.15, 0.2) is 16.5 Å². The lowest BCUT2D eigenvalue weighted by Crippen LogP contribution is -2.01. The Bertz CT molecular complexity index is 655. The molecule has 2 rings (SSSR count). The summed E-state index contributed by atoms with van der Waals surface area (Å²) in [5, 5.41) is 18.4. The summed E-state index contributed by atoms with van der Waals surface area (Å²) in [5.74, 6) is 0.500. The number of nitrogens with zero attached hydrogens (tertiary/aromatic N) is 3. The molecule has 0 spiro atoms. The summed E-state index contributed by atoms with van der Waals surface area (Å²) < 4.78 is 15.8. The number of anilines is 1. The van der Waals surface area contributed by atoms with Crippen molar-refractivity contribution in [1.82, 2.24) is 10.2 Å². The molecule has 0 bridgehead atoms. The van der Waals surface area contributed by atoms with Crippen molar-refractivity contribution in [2.75, 3.05) is 18.9 Å². The number of hydrogen-bond acceptors (Lipinski definition) is 8. The number of aromatic nitrogens is 2. The first kappa shape index (κ1) is 14.6. The maximum atomic E-state index is 11.1. The van der Waals surface area contributed by atoms with Crippen LogP contribution < -0.4 is 15.2 Å². The first-order chi connectivity index (χ1) is 10.1. The molecule has 0 saturated heterocycles. The van der Waals surface area contributed by atoms with E-state index in [2.05, 4.69) is 10.2 Å². The summed E-state index contributed by atoms with van der Waals surface area (Å²) in [7, 11) is 0. The quantitative estimate of drug-likeness (QED) is 0.633. The molecule has 0 unspecified atom stereocenters. The standard InChI is InChI=1S/C12H14N4O5/c1-3-19-9-6-10(20-4-2)8(16(17)18)5-7(9)11-14-15-12(13)21-11/h5-6H,3-4H2,1-2H3,(H2,13,15). The monoisotopic (exact) mass is 294 g/mol. The molecule has 0 aliphatic rings. The average Bonchev–Trinajstić information content (AvgIpc) is 2.86. The van der Waals surface area contributed by atoms with Gasteiger partial charge in [-0.25, -0.2) is 0 Å². The molecular weight excluding hydrogens is 280 g/mol. The molecule has 0 radical (unpaired) electrons. The summed E-state index contributed by atoms with van der Waals surface area (Å²) in [4.78, 5) is 10.6. The second-order valence-corrected chi connectivity index (χ2v) is 3.88. The van der Waals surface area contributed by atoms with Crippen LogP contribution in [0.2, 0.25) is 0 Å². The first-order valence-corrected chi connectivity index (χ1v) is 6.24. The topological polar surface area (TPSA) is 127 Å². The number of nitro benzene ring substituents is 1. The SMILES string of the molecule is CCOc1cc(OCC)c([N+](=O)[O-])cc1-c1nnc(N)o1. The molecule has 9 nitrogen and oxygen atoms in total. The molecular formula is C12H14N4O5. The molecule has 1 heterocycles. The molecule has 0 atom stereocenters. The summed E-state index contributed by atoms with van der Waals surface area (Å²) >= 11 is 0. The minimum Gasteiger partial charge on any atom is -0.493 e. The van der Waals surface area contributed by atoms with Gasteiger partial charge in [0, 0.05) is 12.1 Å². The molecule has 112 valence electrons. The molecule has 0 saturated carbocycles. The van der Waals surface area contributed by atoms with Crippen molar-refractivity contribution in [3.63, 3.8) is 0 Å². The minimum absolute atomic E-state index is 0.0436. The van der Waals surface area contributed by atoms with Crippen LogP contribution in [0.4, 0.5) is 11.7 Å². The van der Waals surface area contributed by atoms with E-state index in [0.29, 0.717) is 19.0 Å². The lowest BCUT2D eigenvalue weighted by molar-refractivity contribution is -0.385. The third-order valence-electron chi connectivity index (χ3n) is 2.53. The van der Waals surface area contributed by atoms with E-state index in [4.69, 9.17) is 19.6 Å². The minimum atomic E-state index is -0.552. The van der Waals surface area contributed by atoms with Crippen LogP contribution in [0.25, 0.3) is 11.5 Å². The van der Waals surface area contributed by atoms with E-state index in [1.165, 1.54) is 12.1 Å². The van der Waals surface area contributed by atoms with Gasteiger partial charge in [-0.1, -0.05) is 5.10 Å². The van der Waals surface area contributed by atoms with Crippen LogP contribution in [0.3, 0.4) is 0 Å². The Morgan fingerprint density at radius 3 is 2.43 bits per heavy atom. The average molecular weight is 294 g/mol. The van der Waals surface area contributed by atoms with E-state index in [0.717, 1.165) is 0 Å².